The number of morpholine rings is 1. The van der Waals surface area contributed by atoms with Crippen LogP contribution in [0.15, 0.2) is 0 Å². The van der Waals surface area contributed by atoms with Crippen LogP contribution in [0.25, 0.3) is 0 Å². The van der Waals surface area contributed by atoms with E-state index < -0.39 is 12.1 Å². The average molecular weight is 215 g/mol. The van der Waals surface area contributed by atoms with Gasteiger partial charge < -0.3 is 14.7 Å². The molecule has 1 fully saturated rings. The van der Waals surface area contributed by atoms with Gasteiger partial charge in [0.25, 0.3) is 5.91 Å². The Balaban J connectivity index is 2.47. The molecule has 15 heavy (non-hydrogen) atoms. The highest BCUT2D eigenvalue weighted by molar-refractivity contribution is 5.85. The van der Waals surface area contributed by atoms with Crippen molar-refractivity contribution in [2.75, 3.05) is 19.7 Å². The van der Waals surface area contributed by atoms with E-state index in [2.05, 4.69) is 6.92 Å². The number of carboxylic acid groups (broad SMARTS) is 1. The minimum Gasteiger partial charge on any atom is -0.481 e. The van der Waals surface area contributed by atoms with E-state index in [0.717, 1.165) is 12.8 Å². The molecule has 1 aliphatic rings. The molecule has 0 aromatic carbocycles. The normalized spacial score (nSPS) is 21.8. The monoisotopic (exact) mass is 215 g/mol. The van der Waals surface area contributed by atoms with Crippen LogP contribution in [0.1, 0.15) is 26.2 Å². The minimum atomic E-state index is -0.995. The maximum Gasteiger partial charge on any atom is 0.306 e. The van der Waals surface area contributed by atoms with Crippen molar-refractivity contribution in [1.82, 2.24) is 4.90 Å². The number of aliphatic carboxylic acids is 1. The van der Waals surface area contributed by atoms with E-state index in [0.29, 0.717) is 19.7 Å². The zero-order valence-corrected chi connectivity index (χ0v) is 8.94. The summed E-state index contributed by atoms with van der Waals surface area (Å²) in [5.41, 5.74) is 0. The van der Waals surface area contributed by atoms with Gasteiger partial charge in [-0.3, -0.25) is 9.59 Å². The first-order valence-electron chi connectivity index (χ1n) is 5.27. The zero-order chi connectivity index (χ0) is 11.3. The van der Waals surface area contributed by atoms with Crippen molar-refractivity contribution >= 4 is 11.9 Å². The number of hydrogen-bond donors (Lipinski definition) is 1. The largest absolute Gasteiger partial charge is 0.481 e. The molecular formula is C10H17NO4. The quantitative estimate of drug-likeness (QED) is 0.724. The van der Waals surface area contributed by atoms with Gasteiger partial charge in [0.2, 0.25) is 0 Å². The van der Waals surface area contributed by atoms with Crippen LogP contribution in [0, 0.1) is 0 Å². The second-order valence-electron chi connectivity index (χ2n) is 3.64. The predicted octanol–water partition coefficient (Wildman–Crippen LogP) is 0.489. The molecule has 5 nitrogen and oxygen atoms in total. The standard InChI is InChI=1S/C10H17NO4/c1-2-3-4-11-5-6-15-8(10(11)14)7-9(12)13/h8H,2-7H2,1H3,(H,12,13). The Morgan fingerprint density at radius 2 is 2.40 bits per heavy atom. The van der Waals surface area contributed by atoms with Crippen molar-refractivity contribution in [2.45, 2.75) is 32.3 Å². The van der Waals surface area contributed by atoms with Crippen LogP contribution in [0.4, 0.5) is 0 Å². The van der Waals surface area contributed by atoms with Crippen molar-refractivity contribution in [3.63, 3.8) is 0 Å². The number of nitrogens with zero attached hydrogens (tertiary/aromatic N) is 1. The number of carbonyl (C=O) groups is 2. The Hall–Kier alpha value is -1.10. The van der Waals surface area contributed by atoms with Gasteiger partial charge in [-0.2, -0.15) is 0 Å². The van der Waals surface area contributed by atoms with Gasteiger partial charge >= 0.3 is 5.97 Å². The third-order valence-electron chi connectivity index (χ3n) is 2.41. The molecular weight excluding hydrogens is 198 g/mol. The van der Waals surface area contributed by atoms with Crippen LogP contribution in [0.3, 0.4) is 0 Å². The highest BCUT2D eigenvalue weighted by Gasteiger charge is 2.30. The summed E-state index contributed by atoms with van der Waals surface area (Å²) >= 11 is 0. The smallest absolute Gasteiger partial charge is 0.306 e. The van der Waals surface area contributed by atoms with Gasteiger partial charge in [-0.05, 0) is 6.42 Å². The SMILES string of the molecule is CCCCN1CCOC(CC(=O)O)C1=O. The van der Waals surface area contributed by atoms with Crippen molar-refractivity contribution in [2.24, 2.45) is 0 Å². The molecule has 1 heterocycles. The lowest BCUT2D eigenvalue weighted by Gasteiger charge is -2.31. The molecule has 0 aromatic rings. The molecule has 1 amide bonds. The molecule has 0 radical (unpaired) electrons. The average Bonchev–Trinajstić information content (AvgIpc) is 2.19. The molecule has 1 aliphatic heterocycles. The zero-order valence-electron chi connectivity index (χ0n) is 8.94. The number of carboxylic acids is 1. The summed E-state index contributed by atoms with van der Waals surface area (Å²) in [6, 6.07) is 0. The maximum absolute atomic E-state index is 11.7. The van der Waals surface area contributed by atoms with Crippen LogP contribution in [-0.2, 0) is 14.3 Å². The van der Waals surface area contributed by atoms with E-state index in [4.69, 9.17) is 9.84 Å². The van der Waals surface area contributed by atoms with Gasteiger partial charge in [-0.15, -0.1) is 0 Å². The summed E-state index contributed by atoms with van der Waals surface area (Å²) in [5.74, 6) is -1.18. The first kappa shape index (κ1) is 12.0. The Kier molecular flexibility index (Phi) is 4.55. The minimum absolute atomic E-state index is 0.183. The molecule has 1 N–H and O–H groups in total. The fourth-order valence-electron chi connectivity index (χ4n) is 1.57. The third-order valence-corrected chi connectivity index (χ3v) is 2.41. The van der Waals surface area contributed by atoms with Gasteiger partial charge in [0.15, 0.2) is 0 Å². The van der Waals surface area contributed by atoms with Crippen LogP contribution < -0.4 is 0 Å². The molecule has 0 aliphatic carbocycles. The summed E-state index contributed by atoms with van der Waals surface area (Å²) in [5, 5.41) is 8.60. The molecule has 0 bridgehead atoms. The number of hydrogen-bond acceptors (Lipinski definition) is 3. The van der Waals surface area contributed by atoms with Crippen LogP contribution in [0.5, 0.6) is 0 Å². The lowest BCUT2D eigenvalue weighted by atomic mass is 10.2. The summed E-state index contributed by atoms with van der Waals surface area (Å²) in [7, 11) is 0. The van der Waals surface area contributed by atoms with Crippen molar-refractivity contribution in [1.29, 1.82) is 0 Å². The third kappa shape index (κ3) is 3.51. The van der Waals surface area contributed by atoms with E-state index in [1.54, 1.807) is 4.90 Å². The summed E-state index contributed by atoms with van der Waals surface area (Å²) in [6.07, 6.45) is 0.953. The lowest BCUT2D eigenvalue weighted by molar-refractivity contribution is -0.159. The fraction of sp³-hybridized carbons (Fsp3) is 0.800. The van der Waals surface area contributed by atoms with E-state index in [1.165, 1.54) is 0 Å². The summed E-state index contributed by atoms with van der Waals surface area (Å²) in [4.78, 5) is 23.9. The lowest BCUT2D eigenvalue weighted by Crippen LogP contribution is -2.48. The van der Waals surface area contributed by atoms with E-state index in [1.807, 2.05) is 0 Å². The molecule has 5 heteroatoms. The van der Waals surface area contributed by atoms with E-state index in [9.17, 15) is 9.59 Å². The predicted molar refractivity (Wildman–Crippen MR) is 53.5 cm³/mol. The number of ether oxygens (including phenoxy) is 1. The highest BCUT2D eigenvalue weighted by atomic mass is 16.5. The van der Waals surface area contributed by atoms with Crippen molar-refractivity contribution in [3.05, 3.63) is 0 Å². The number of unbranched alkanes of at least 4 members (excludes halogenated alkanes) is 1. The first-order chi connectivity index (χ1) is 7.15. The number of amides is 1. The van der Waals surface area contributed by atoms with Gasteiger partial charge in [-0.25, -0.2) is 0 Å². The van der Waals surface area contributed by atoms with Gasteiger partial charge in [0.1, 0.15) is 6.10 Å². The van der Waals surface area contributed by atoms with Crippen molar-refractivity contribution in [3.8, 4) is 0 Å². The summed E-state index contributed by atoms with van der Waals surface area (Å²) in [6.45, 7) is 3.77. The fourth-order valence-corrected chi connectivity index (χ4v) is 1.57. The van der Waals surface area contributed by atoms with Crippen molar-refractivity contribution < 1.29 is 19.4 Å². The second-order valence-corrected chi connectivity index (χ2v) is 3.64. The Bertz CT molecular complexity index is 242. The topological polar surface area (TPSA) is 66.8 Å². The van der Waals surface area contributed by atoms with E-state index in [-0.39, 0.29) is 12.3 Å². The van der Waals surface area contributed by atoms with E-state index >= 15 is 0 Å². The second kappa shape index (κ2) is 5.70. The van der Waals surface area contributed by atoms with Gasteiger partial charge in [0.05, 0.1) is 13.0 Å². The molecule has 86 valence electrons. The maximum atomic E-state index is 11.7. The summed E-state index contributed by atoms with van der Waals surface area (Å²) < 4.78 is 5.14. The number of rotatable bonds is 5. The molecule has 0 spiro atoms. The molecule has 0 saturated carbocycles. The van der Waals surface area contributed by atoms with Crippen LogP contribution in [-0.4, -0.2) is 47.7 Å². The Morgan fingerprint density at radius 3 is 3.00 bits per heavy atom. The van der Waals surface area contributed by atoms with Crippen LogP contribution >= 0.6 is 0 Å². The molecule has 0 aromatic heterocycles. The Morgan fingerprint density at radius 1 is 1.67 bits per heavy atom. The van der Waals surface area contributed by atoms with Crippen LogP contribution in [0.2, 0.25) is 0 Å². The van der Waals surface area contributed by atoms with Gasteiger partial charge in [0, 0.05) is 13.1 Å². The number of carbonyl (C=O) groups excluding carboxylic acids is 1. The Labute approximate surface area is 89.0 Å². The molecule has 1 atom stereocenters. The van der Waals surface area contributed by atoms with Gasteiger partial charge in [-0.1, -0.05) is 13.3 Å². The first-order valence-corrected chi connectivity index (χ1v) is 5.27. The molecule has 1 saturated heterocycles. The highest BCUT2D eigenvalue weighted by Crippen LogP contribution is 2.11. The molecule has 1 rings (SSSR count). The molecule has 1 unspecified atom stereocenters.